The second-order valence-corrected chi connectivity index (χ2v) is 9.40. The highest BCUT2D eigenvalue weighted by Crippen LogP contribution is 2.26. The van der Waals surface area contributed by atoms with Crippen LogP contribution in [0.5, 0.6) is 0 Å². The predicted molar refractivity (Wildman–Crippen MR) is 138 cm³/mol. The van der Waals surface area contributed by atoms with Crippen LogP contribution in [0.15, 0.2) is 77.3 Å². The Balaban J connectivity index is 1.25. The Morgan fingerprint density at radius 2 is 1.86 bits per heavy atom. The number of hydrogen-bond donors (Lipinski definition) is 1. The lowest BCUT2D eigenvalue weighted by Crippen LogP contribution is -2.40. The third-order valence-electron chi connectivity index (χ3n) is 6.33. The zero-order chi connectivity index (χ0) is 25.8. The zero-order valence-electron chi connectivity index (χ0n) is 19.9. The first-order valence-electron chi connectivity index (χ1n) is 12.0. The summed E-state index contributed by atoms with van der Waals surface area (Å²) in [6, 6.07) is 19.6. The minimum absolute atomic E-state index is 0.160. The van der Waals surface area contributed by atoms with Gasteiger partial charge in [-0.05, 0) is 61.9 Å². The van der Waals surface area contributed by atoms with Crippen molar-refractivity contribution in [3.63, 3.8) is 0 Å². The predicted octanol–water partition coefficient (Wildman–Crippen LogP) is 5.61. The number of ketones is 1. The molecular formula is C28H24ClFN4O3. The largest absolute Gasteiger partial charge is 0.338 e. The van der Waals surface area contributed by atoms with Crippen molar-refractivity contribution in [2.75, 3.05) is 18.4 Å². The van der Waals surface area contributed by atoms with E-state index in [1.165, 1.54) is 12.1 Å². The summed E-state index contributed by atoms with van der Waals surface area (Å²) in [7, 11) is 0. The molecular weight excluding hydrogens is 495 g/mol. The van der Waals surface area contributed by atoms with Gasteiger partial charge in [-0.25, -0.2) is 4.39 Å². The van der Waals surface area contributed by atoms with Gasteiger partial charge in [0.05, 0.1) is 18.2 Å². The molecule has 2 heterocycles. The lowest BCUT2D eigenvalue weighted by Gasteiger charge is -2.31. The van der Waals surface area contributed by atoms with Gasteiger partial charge in [0.2, 0.25) is 17.6 Å². The molecule has 1 aliphatic rings. The Morgan fingerprint density at radius 1 is 1.08 bits per heavy atom. The van der Waals surface area contributed by atoms with Crippen molar-refractivity contribution in [2.45, 2.75) is 19.4 Å². The van der Waals surface area contributed by atoms with Crippen LogP contribution < -0.4 is 5.32 Å². The van der Waals surface area contributed by atoms with E-state index in [0.29, 0.717) is 52.2 Å². The number of halogens is 2. The van der Waals surface area contributed by atoms with Crippen LogP contribution in [0.1, 0.15) is 34.7 Å². The normalized spacial score (nSPS) is 15.9. The molecule has 1 aromatic heterocycles. The summed E-state index contributed by atoms with van der Waals surface area (Å²) in [5.41, 5.74) is 1.96. The van der Waals surface area contributed by atoms with E-state index >= 15 is 0 Å². The molecule has 188 valence electrons. The van der Waals surface area contributed by atoms with Crippen LogP contribution in [-0.4, -0.2) is 39.8 Å². The lowest BCUT2D eigenvalue weighted by molar-refractivity contribution is -0.121. The van der Waals surface area contributed by atoms with Crippen molar-refractivity contribution in [1.82, 2.24) is 15.0 Å². The molecule has 1 unspecified atom stereocenters. The van der Waals surface area contributed by atoms with Gasteiger partial charge >= 0.3 is 0 Å². The highest BCUT2D eigenvalue weighted by atomic mass is 35.5. The molecule has 0 radical (unpaired) electrons. The number of rotatable bonds is 7. The highest BCUT2D eigenvalue weighted by molar-refractivity contribution is 6.31. The average molecular weight is 519 g/mol. The summed E-state index contributed by atoms with van der Waals surface area (Å²) in [4.78, 5) is 32.8. The van der Waals surface area contributed by atoms with E-state index in [2.05, 4.69) is 20.4 Å². The van der Waals surface area contributed by atoms with Gasteiger partial charge in [-0.15, -0.1) is 0 Å². The van der Waals surface area contributed by atoms with Gasteiger partial charge < -0.3 is 9.84 Å². The molecule has 0 aliphatic carbocycles. The number of carbonyl (C=O) groups excluding carboxylic acids is 2. The number of carbonyl (C=O) groups is 2. The molecule has 3 aromatic carbocycles. The maximum atomic E-state index is 13.2. The summed E-state index contributed by atoms with van der Waals surface area (Å²) >= 11 is 6.17. The molecule has 0 spiro atoms. The fourth-order valence-corrected chi connectivity index (χ4v) is 4.61. The third kappa shape index (κ3) is 5.93. The Kier molecular flexibility index (Phi) is 7.39. The number of amides is 1. The van der Waals surface area contributed by atoms with Crippen LogP contribution in [0, 0.1) is 11.7 Å². The molecule has 1 amide bonds. The minimum Gasteiger partial charge on any atom is -0.338 e. The SMILES string of the molecule is O=C(c1ccccc1)c1cc(Cl)ccc1NC(=O)C1CCCN(Cc2nc(-c3ccc(F)cc3)no2)C1. The Bertz CT molecular complexity index is 1410. The van der Waals surface area contributed by atoms with Crippen LogP contribution in [0.3, 0.4) is 0 Å². The van der Waals surface area contributed by atoms with Gasteiger partial charge in [-0.1, -0.05) is 47.1 Å². The van der Waals surface area contributed by atoms with E-state index in [1.54, 1.807) is 54.6 Å². The maximum absolute atomic E-state index is 13.2. The fraction of sp³-hybridized carbons (Fsp3) is 0.214. The molecule has 7 nitrogen and oxygen atoms in total. The van der Waals surface area contributed by atoms with Crippen molar-refractivity contribution in [3.8, 4) is 11.4 Å². The number of piperidine rings is 1. The number of anilines is 1. The number of benzene rings is 3. The molecule has 4 aromatic rings. The Hall–Kier alpha value is -3.88. The quantitative estimate of drug-likeness (QED) is 0.320. The maximum Gasteiger partial charge on any atom is 0.241 e. The Morgan fingerprint density at radius 3 is 2.65 bits per heavy atom. The van der Waals surface area contributed by atoms with E-state index in [1.807, 2.05) is 6.07 Å². The summed E-state index contributed by atoms with van der Waals surface area (Å²) in [5, 5.41) is 7.36. The molecule has 1 fully saturated rings. The van der Waals surface area contributed by atoms with Crippen LogP contribution in [0.4, 0.5) is 10.1 Å². The second kappa shape index (κ2) is 11.0. The zero-order valence-corrected chi connectivity index (χ0v) is 20.6. The van der Waals surface area contributed by atoms with Gasteiger partial charge in [0.25, 0.3) is 0 Å². The smallest absolute Gasteiger partial charge is 0.241 e. The van der Waals surface area contributed by atoms with E-state index in [9.17, 15) is 14.0 Å². The molecule has 1 aliphatic heterocycles. The number of likely N-dealkylation sites (tertiary alicyclic amines) is 1. The monoisotopic (exact) mass is 518 g/mol. The van der Waals surface area contributed by atoms with Crippen LogP contribution >= 0.6 is 11.6 Å². The lowest BCUT2D eigenvalue weighted by atomic mass is 9.96. The average Bonchev–Trinajstić information content (AvgIpc) is 3.38. The van der Waals surface area contributed by atoms with Crippen LogP contribution in [0.25, 0.3) is 11.4 Å². The standard InChI is InChI=1S/C28H24ClFN4O3/c29-21-10-13-24(23(15-21)26(35)18-5-2-1-3-6-18)31-28(36)20-7-4-14-34(16-20)17-25-32-27(33-37-25)19-8-11-22(30)12-9-19/h1-3,5-6,8-13,15,20H,4,7,14,16-17H2,(H,31,36). The van der Waals surface area contributed by atoms with Crippen molar-refractivity contribution in [1.29, 1.82) is 0 Å². The summed E-state index contributed by atoms with van der Waals surface area (Å²) in [6.45, 7) is 1.70. The van der Waals surface area contributed by atoms with Gasteiger partial charge in [0.15, 0.2) is 5.78 Å². The van der Waals surface area contributed by atoms with Crippen molar-refractivity contribution >= 4 is 29.0 Å². The number of nitrogens with one attached hydrogen (secondary N) is 1. The van der Waals surface area contributed by atoms with Crippen LogP contribution in [0.2, 0.25) is 5.02 Å². The summed E-state index contributed by atoms with van der Waals surface area (Å²) in [6.07, 6.45) is 1.55. The summed E-state index contributed by atoms with van der Waals surface area (Å²) in [5.74, 6) is -0.166. The van der Waals surface area contributed by atoms with Gasteiger partial charge in [-0.2, -0.15) is 4.98 Å². The van der Waals surface area contributed by atoms with E-state index in [-0.39, 0.29) is 23.4 Å². The molecule has 1 atom stereocenters. The van der Waals surface area contributed by atoms with Gasteiger partial charge in [-0.3, -0.25) is 14.5 Å². The van der Waals surface area contributed by atoms with Crippen LogP contribution in [-0.2, 0) is 11.3 Å². The fourth-order valence-electron chi connectivity index (χ4n) is 4.43. The van der Waals surface area contributed by atoms with Gasteiger partial charge in [0.1, 0.15) is 5.82 Å². The molecule has 37 heavy (non-hydrogen) atoms. The molecule has 0 bridgehead atoms. The molecule has 0 saturated carbocycles. The first-order chi connectivity index (χ1) is 18.0. The first-order valence-corrected chi connectivity index (χ1v) is 12.3. The topological polar surface area (TPSA) is 88.3 Å². The third-order valence-corrected chi connectivity index (χ3v) is 6.56. The second-order valence-electron chi connectivity index (χ2n) is 8.97. The minimum atomic E-state index is -0.333. The number of nitrogens with zero attached hydrogens (tertiary/aromatic N) is 3. The number of hydrogen-bond acceptors (Lipinski definition) is 6. The van der Waals surface area contributed by atoms with Crippen molar-refractivity contribution in [3.05, 3.63) is 101 Å². The Labute approximate surface area is 218 Å². The molecule has 1 N–H and O–H groups in total. The summed E-state index contributed by atoms with van der Waals surface area (Å²) < 4.78 is 18.6. The first kappa shape index (κ1) is 24.8. The van der Waals surface area contributed by atoms with Crippen molar-refractivity contribution in [2.24, 2.45) is 5.92 Å². The van der Waals surface area contributed by atoms with E-state index in [4.69, 9.17) is 16.1 Å². The number of aromatic nitrogens is 2. The molecule has 5 rings (SSSR count). The molecule has 9 heteroatoms. The van der Waals surface area contributed by atoms with Gasteiger partial charge in [0, 0.05) is 28.3 Å². The van der Waals surface area contributed by atoms with E-state index < -0.39 is 0 Å². The van der Waals surface area contributed by atoms with E-state index in [0.717, 1.165) is 19.4 Å². The highest BCUT2D eigenvalue weighted by Gasteiger charge is 2.28. The molecule has 1 saturated heterocycles. The van der Waals surface area contributed by atoms with Crippen molar-refractivity contribution < 1.29 is 18.5 Å².